The molecule has 120 valence electrons. The Hall–Kier alpha value is -1.92. The minimum Gasteiger partial charge on any atom is -0.354 e. The van der Waals surface area contributed by atoms with Crippen molar-refractivity contribution in [3.8, 4) is 0 Å². The SMILES string of the molecule is Cl.Cn1nc(CC(=O)NCC(C)(C)N)c2ccccc2c1=O. The van der Waals surface area contributed by atoms with E-state index in [1.165, 1.54) is 4.68 Å². The highest BCUT2D eigenvalue weighted by Gasteiger charge is 2.15. The fourth-order valence-corrected chi connectivity index (χ4v) is 2.05. The van der Waals surface area contributed by atoms with Crippen molar-refractivity contribution in [2.75, 3.05) is 6.54 Å². The molecule has 3 N–H and O–H groups in total. The van der Waals surface area contributed by atoms with E-state index in [1.807, 2.05) is 19.9 Å². The van der Waals surface area contributed by atoms with Gasteiger partial charge in [0.25, 0.3) is 5.56 Å². The fourth-order valence-electron chi connectivity index (χ4n) is 2.05. The molecule has 0 aliphatic rings. The lowest BCUT2D eigenvalue weighted by atomic mass is 10.1. The number of amides is 1. The molecule has 22 heavy (non-hydrogen) atoms. The highest BCUT2D eigenvalue weighted by Crippen LogP contribution is 2.13. The van der Waals surface area contributed by atoms with Gasteiger partial charge in [-0.3, -0.25) is 9.59 Å². The summed E-state index contributed by atoms with van der Waals surface area (Å²) >= 11 is 0. The largest absolute Gasteiger partial charge is 0.354 e. The average Bonchev–Trinajstić information content (AvgIpc) is 2.42. The lowest BCUT2D eigenvalue weighted by molar-refractivity contribution is -0.120. The van der Waals surface area contributed by atoms with Gasteiger partial charge in [0, 0.05) is 24.5 Å². The Balaban J connectivity index is 0.00000242. The van der Waals surface area contributed by atoms with Gasteiger partial charge in [-0.2, -0.15) is 5.10 Å². The molecular weight excluding hydrogens is 304 g/mol. The molecule has 1 amide bonds. The number of benzene rings is 1. The number of aromatic nitrogens is 2. The Morgan fingerprint density at radius 1 is 1.32 bits per heavy atom. The van der Waals surface area contributed by atoms with Crippen LogP contribution in [0.25, 0.3) is 10.8 Å². The Bertz CT molecular complexity index is 734. The van der Waals surface area contributed by atoms with E-state index in [-0.39, 0.29) is 30.3 Å². The molecule has 0 atom stereocenters. The smallest absolute Gasteiger partial charge is 0.274 e. The number of hydrogen-bond donors (Lipinski definition) is 2. The number of nitrogens with two attached hydrogens (primary N) is 1. The molecular formula is C15H21ClN4O2. The molecule has 0 saturated heterocycles. The second-order valence-electron chi connectivity index (χ2n) is 5.86. The monoisotopic (exact) mass is 324 g/mol. The number of rotatable bonds is 4. The molecule has 0 spiro atoms. The normalized spacial score (nSPS) is 11.1. The van der Waals surface area contributed by atoms with Gasteiger partial charge in [0.2, 0.25) is 5.91 Å². The zero-order valence-electron chi connectivity index (χ0n) is 12.9. The summed E-state index contributed by atoms with van der Waals surface area (Å²) in [7, 11) is 1.58. The van der Waals surface area contributed by atoms with Crippen LogP contribution >= 0.6 is 12.4 Å². The Labute approximate surface area is 135 Å². The maximum atomic E-state index is 12.0. The van der Waals surface area contributed by atoms with Crippen molar-refractivity contribution < 1.29 is 4.79 Å². The van der Waals surface area contributed by atoms with Gasteiger partial charge in [-0.15, -0.1) is 12.4 Å². The van der Waals surface area contributed by atoms with E-state index in [1.54, 1.807) is 25.2 Å². The molecule has 7 heteroatoms. The number of aryl methyl sites for hydroxylation is 1. The van der Waals surface area contributed by atoms with Crippen molar-refractivity contribution in [1.82, 2.24) is 15.1 Å². The molecule has 2 aromatic rings. The van der Waals surface area contributed by atoms with Crippen LogP contribution in [0.2, 0.25) is 0 Å². The lowest BCUT2D eigenvalue weighted by Crippen LogP contribution is -2.45. The summed E-state index contributed by atoms with van der Waals surface area (Å²) in [5.41, 5.74) is 5.79. The predicted molar refractivity (Wildman–Crippen MR) is 89.2 cm³/mol. The average molecular weight is 325 g/mol. The van der Waals surface area contributed by atoms with Crippen LogP contribution in [-0.2, 0) is 18.3 Å². The van der Waals surface area contributed by atoms with Crippen molar-refractivity contribution >= 4 is 29.1 Å². The first-order valence-corrected chi connectivity index (χ1v) is 6.78. The van der Waals surface area contributed by atoms with E-state index in [4.69, 9.17) is 5.73 Å². The number of carbonyl (C=O) groups is 1. The van der Waals surface area contributed by atoms with Crippen LogP contribution in [0.5, 0.6) is 0 Å². The van der Waals surface area contributed by atoms with Crippen LogP contribution in [0.15, 0.2) is 29.1 Å². The van der Waals surface area contributed by atoms with Gasteiger partial charge in [0.05, 0.1) is 17.5 Å². The van der Waals surface area contributed by atoms with Gasteiger partial charge in [-0.25, -0.2) is 4.68 Å². The predicted octanol–water partition coefficient (Wildman–Crippen LogP) is 0.751. The third-order valence-corrected chi connectivity index (χ3v) is 3.10. The van der Waals surface area contributed by atoms with E-state index < -0.39 is 5.54 Å². The summed E-state index contributed by atoms with van der Waals surface area (Å²) in [4.78, 5) is 24.0. The van der Waals surface area contributed by atoms with Gasteiger partial charge in [-0.1, -0.05) is 18.2 Å². The summed E-state index contributed by atoms with van der Waals surface area (Å²) in [6.45, 7) is 4.07. The summed E-state index contributed by atoms with van der Waals surface area (Å²) < 4.78 is 1.26. The maximum absolute atomic E-state index is 12.0. The fraction of sp³-hybridized carbons (Fsp3) is 0.400. The van der Waals surface area contributed by atoms with Crippen molar-refractivity contribution in [2.45, 2.75) is 25.8 Å². The molecule has 6 nitrogen and oxygen atoms in total. The molecule has 0 saturated carbocycles. The molecule has 2 rings (SSSR count). The number of nitrogens with zero attached hydrogens (tertiary/aromatic N) is 2. The summed E-state index contributed by atoms with van der Waals surface area (Å²) in [6.07, 6.45) is 0.116. The first kappa shape index (κ1) is 18.1. The molecule has 1 aromatic carbocycles. The Morgan fingerprint density at radius 3 is 2.50 bits per heavy atom. The molecule has 0 unspecified atom stereocenters. The Morgan fingerprint density at radius 2 is 1.91 bits per heavy atom. The van der Waals surface area contributed by atoms with Gasteiger partial charge in [0.1, 0.15) is 0 Å². The summed E-state index contributed by atoms with van der Waals surface area (Å²) in [5, 5.41) is 8.25. The van der Waals surface area contributed by atoms with E-state index in [0.717, 1.165) is 0 Å². The third kappa shape index (κ3) is 4.29. The summed E-state index contributed by atoms with van der Waals surface area (Å²) in [6, 6.07) is 7.17. The van der Waals surface area contributed by atoms with E-state index >= 15 is 0 Å². The van der Waals surface area contributed by atoms with E-state index in [2.05, 4.69) is 10.4 Å². The molecule has 0 aliphatic heterocycles. The van der Waals surface area contributed by atoms with Gasteiger partial charge >= 0.3 is 0 Å². The van der Waals surface area contributed by atoms with Crippen LogP contribution in [0.1, 0.15) is 19.5 Å². The quantitative estimate of drug-likeness (QED) is 0.868. The topological polar surface area (TPSA) is 90.0 Å². The van der Waals surface area contributed by atoms with Crippen LogP contribution in [-0.4, -0.2) is 27.8 Å². The molecule has 0 aliphatic carbocycles. The second kappa shape index (κ2) is 6.89. The standard InChI is InChI=1S/C15H20N4O2.ClH/c1-15(2,16)9-17-13(20)8-12-10-6-4-5-7-11(10)14(21)19(3)18-12;/h4-7H,8-9,16H2,1-3H3,(H,17,20);1H. The van der Waals surface area contributed by atoms with Crippen LogP contribution in [0.4, 0.5) is 0 Å². The van der Waals surface area contributed by atoms with Crippen molar-refractivity contribution in [3.63, 3.8) is 0 Å². The minimum atomic E-state index is -0.464. The van der Waals surface area contributed by atoms with Crippen molar-refractivity contribution in [1.29, 1.82) is 0 Å². The number of carbonyl (C=O) groups excluding carboxylic acids is 1. The zero-order chi connectivity index (χ0) is 15.6. The number of nitrogens with one attached hydrogen (secondary N) is 1. The molecule has 1 aromatic heterocycles. The van der Waals surface area contributed by atoms with Crippen LogP contribution < -0.4 is 16.6 Å². The first-order chi connectivity index (χ1) is 9.78. The van der Waals surface area contributed by atoms with Crippen molar-refractivity contribution in [3.05, 3.63) is 40.3 Å². The number of hydrogen-bond acceptors (Lipinski definition) is 4. The van der Waals surface area contributed by atoms with Crippen LogP contribution in [0, 0.1) is 0 Å². The van der Waals surface area contributed by atoms with E-state index in [9.17, 15) is 9.59 Å². The van der Waals surface area contributed by atoms with Gasteiger partial charge in [-0.05, 0) is 19.9 Å². The highest BCUT2D eigenvalue weighted by molar-refractivity contribution is 5.88. The minimum absolute atomic E-state index is 0. The molecule has 1 heterocycles. The lowest BCUT2D eigenvalue weighted by Gasteiger charge is -2.19. The summed E-state index contributed by atoms with van der Waals surface area (Å²) in [5.74, 6) is -0.162. The number of halogens is 1. The molecule has 0 bridgehead atoms. The second-order valence-corrected chi connectivity index (χ2v) is 5.86. The van der Waals surface area contributed by atoms with Gasteiger partial charge in [0.15, 0.2) is 0 Å². The third-order valence-electron chi connectivity index (χ3n) is 3.10. The molecule has 0 fully saturated rings. The van der Waals surface area contributed by atoms with E-state index in [0.29, 0.717) is 23.0 Å². The number of fused-ring (bicyclic) bond motifs is 1. The van der Waals surface area contributed by atoms with Crippen molar-refractivity contribution in [2.24, 2.45) is 12.8 Å². The molecule has 0 radical (unpaired) electrons. The highest BCUT2D eigenvalue weighted by atomic mass is 35.5. The Kier molecular flexibility index (Phi) is 5.68. The van der Waals surface area contributed by atoms with Crippen LogP contribution in [0.3, 0.4) is 0 Å². The zero-order valence-corrected chi connectivity index (χ0v) is 13.7. The maximum Gasteiger partial charge on any atom is 0.274 e. The van der Waals surface area contributed by atoms with Gasteiger partial charge < -0.3 is 11.1 Å². The first-order valence-electron chi connectivity index (χ1n) is 6.78.